The number of imide groups is 1. The maximum Gasteiger partial charge on any atom is 0.331 e. The second-order valence-corrected chi connectivity index (χ2v) is 6.95. The largest absolute Gasteiger partial charge is 0.455 e. The average molecular weight is 407 g/mol. The van der Waals surface area contributed by atoms with E-state index in [2.05, 4.69) is 20.4 Å². The monoisotopic (exact) mass is 407 g/mol. The molecular weight excluding hydrogens is 386 g/mol. The van der Waals surface area contributed by atoms with Gasteiger partial charge in [-0.3, -0.25) is 15.0 Å². The number of carbonyl (C=O) groups is 2. The van der Waals surface area contributed by atoms with Gasteiger partial charge in [0.25, 0.3) is 0 Å². The van der Waals surface area contributed by atoms with Crippen LogP contribution in [0, 0.1) is 6.92 Å². The number of nitrogens with zero attached hydrogens (tertiary/aromatic N) is 6. The number of amides is 4. The molecule has 1 saturated heterocycles. The Bertz CT molecular complexity index is 1110. The summed E-state index contributed by atoms with van der Waals surface area (Å²) in [7, 11) is 3.50. The average Bonchev–Trinajstić information content (AvgIpc) is 3.30. The van der Waals surface area contributed by atoms with Crippen LogP contribution < -0.4 is 10.1 Å². The number of carbonyl (C=O) groups excluding carboxylic acids is 2. The van der Waals surface area contributed by atoms with E-state index in [-0.39, 0.29) is 6.03 Å². The van der Waals surface area contributed by atoms with Crippen molar-refractivity contribution in [2.75, 3.05) is 25.5 Å². The fourth-order valence-corrected chi connectivity index (χ4v) is 3.05. The number of urea groups is 2. The van der Waals surface area contributed by atoms with Crippen molar-refractivity contribution in [3.63, 3.8) is 0 Å². The van der Waals surface area contributed by atoms with Crippen molar-refractivity contribution in [1.82, 2.24) is 29.5 Å². The molecule has 0 saturated carbocycles. The summed E-state index contributed by atoms with van der Waals surface area (Å²) >= 11 is 0. The number of aryl methyl sites for hydroxylation is 2. The fourth-order valence-electron chi connectivity index (χ4n) is 3.05. The highest BCUT2D eigenvalue weighted by Crippen LogP contribution is 2.28. The van der Waals surface area contributed by atoms with E-state index in [1.54, 1.807) is 49.2 Å². The molecule has 4 heterocycles. The molecule has 1 aliphatic rings. The Hall–Kier alpha value is -3.95. The van der Waals surface area contributed by atoms with E-state index in [4.69, 9.17) is 4.74 Å². The summed E-state index contributed by atoms with van der Waals surface area (Å²) in [6, 6.07) is 6.10. The van der Waals surface area contributed by atoms with Crippen LogP contribution in [0.4, 0.5) is 15.4 Å². The van der Waals surface area contributed by atoms with E-state index in [0.717, 1.165) is 16.2 Å². The molecule has 10 heteroatoms. The zero-order chi connectivity index (χ0) is 21.3. The van der Waals surface area contributed by atoms with Gasteiger partial charge in [-0.2, -0.15) is 5.10 Å². The minimum Gasteiger partial charge on any atom is -0.455 e. The molecule has 1 aliphatic heterocycles. The van der Waals surface area contributed by atoms with Gasteiger partial charge in [-0.05, 0) is 25.1 Å². The van der Waals surface area contributed by atoms with Crippen LogP contribution in [-0.2, 0) is 7.05 Å². The third-order valence-electron chi connectivity index (χ3n) is 4.69. The molecule has 0 aliphatic carbocycles. The summed E-state index contributed by atoms with van der Waals surface area (Å²) in [5, 5.41) is 6.81. The Labute approximate surface area is 173 Å². The summed E-state index contributed by atoms with van der Waals surface area (Å²) in [6.45, 7) is 2.64. The van der Waals surface area contributed by atoms with Crippen molar-refractivity contribution in [3.05, 3.63) is 48.5 Å². The summed E-state index contributed by atoms with van der Waals surface area (Å²) in [5.41, 5.74) is 2.23. The van der Waals surface area contributed by atoms with E-state index in [9.17, 15) is 9.59 Å². The molecule has 4 amide bonds. The smallest absolute Gasteiger partial charge is 0.331 e. The normalized spacial score (nSPS) is 13.6. The SMILES string of the molecule is Cc1nc(NC(=O)N2CCN(C)C2=O)ccc1Oc1ccnc(-c2cnn(C)c2)c1. The van der Waals surface area contributed by atoms with E-state index < -0.39 is 6.03 Å². The quantitative estimate of drug-likeness (QED) is 0.713. The van der Waals surface area contributed by atoms with Crippen LogP contribution in [-0.4, -0.2) is 61.7 Å². The molecule has 0 unspecified atom stereocenters. The molecule has 30 heavy (non-hydrogen) atoms. The molecule has 10 nitrogen and oxygen atoms in total. The van der Waals surface area contributed by atoms with Gasteiger partial charge in [0.1, 0.15) is 17.3 Å². The number of anilines is 1. The summed E-state index contributed by atoms with van der Waals surface area (Å²) < 4.78 is 7.66. The molecule has 3 aromatic heterocycles. The first-order valence-electron chi connectivity index (χ1n) is 9.35. The highest BCUT2D eigenvalue weighted by Gasteiger charge is 2.30. The molecule has 3 aromatic rings. The van der Waals surface area contributed by atoms with Crippen molar-refractivity contribution in [3.8, 4) is 22.8 Å². The maximum absolute atomic E-state index is 12.3. The number of aromatic nitrogens is 4. The number of hydrogen-bond acceptors (Lipinski definition) is 6. The van der Waals surface area contributed by atoms with Crippen molar-refractivity contribution in [2.45, 2.75) is 6.92 Å². The fraction of sp³-hybridized carbons (Fsp3) is 0.250. The third kappa shape index (κ3) is 3.93. The van der Waals surface area contributed by atoms with Gasteiger partial charge in [0.05, 0.1) is 17.6 Å². The van der Waals surface area contributed by atoms with Crippen molar-refractivity contribution >= 4 is 17.9 Å². The number of nitrogens with one attached hydrogen (secondary N) is 1. The lowest BCUT2D eigenvalue weighted by atomic mass is 10.2. The summed E-state index contributed by atoms with van der Waals surface area (Å²) in [4.78, 5) is 35.6. The van der Waals surface area contributed by atoms with Gasteiger partial charge >= 0.3 is 12.1 Å². The van der Waals surface area contributed by atoms with Gasteiger partial charge in [-0.15, -0.1) is 0 Å². The molecule has 0 atom stereocenters. The Morgan fingerprint density at radius 3 is 2.70 bits per heavy atom. The molecule has 1 fully saturated rings. The number of rotatable bonds is 4. The number of hydrogen-bond donors (Lipinski definition) is 1. The number of pyridine rings is 2. The van der Waals surface area contributed by atoms with Crippen LogP contribution in [0.3, 0.4) is 0 Å². The lowest BCUT2D eigenvalue weighted by Crippen LogP contribution is -2.38. The molecule has 154 valence electrons. The van der Waals surface area contributed by atoms with E-state index in [1.165, 1.54) is 4.90 Å². The molecule has 0 spiro atoms. The van der Waals surface area contributed by atoms with E-state index in [1.807, 2.05) is 19.3 Å². The highest BCUT2D eigenvalue weighted by atomic mass is 16.5. The minimum absolute atomic E-state index is 0.328. The Kier molecular flexibility index (Phi) is 5.05. The second kappa shape index (κ2) is 7.82. The van der Waals surface area contributed by atoms with Gasteiger partial charge in [-0.25, -0.2) is 19.5 Å². The first kappa shape index (κ1) is 19.4. The van der Waals surface area contributed by atoms with Gasteiger partial charge < -0.3 is 9.64 Å². The minimum atomic E-state index is -0.500. The third-order valence-corrected chi connectivity index (χ3v) is 4.69. The molecule has 0 radical (unpaired) electrons. The zero-order valence-corrected chi connectivity index (χ0v) is 16.9. The van der Waals surface area contributed by atoms with Crippen LogP contribution in [0.1, 0.15) is 5.69 Å². The lowest BCUT2D eigenvalue weighted by Gasteiger charge is -2.15. The van der Waals surface area contributed by atoms with Crippen molar-refractivity contribution in [2.24, 2.45) is 7.05 Å². The van der Waals surface area contributed by atoms with Crippen molar-refractivity contribution < 1.29 is 14.3 Å². The molecule has 0 aromatic carbocycles. The molecule has 0 bridgehead atoms. The standard InChI is InChI=1S/C20H21N7O3/c1-13-17(30-15-6-7-21-16(10-15)14-11-22-26(3)12-14)4-5-18(23-13)24-19(28)27-9-8-25(2)20(27)29/h4-7,10-12H,8-9H2,1-3H3,(H,23,24,28). The number of likely N-dealkylation sites (N-methyl/N-ethyl adjacent to an activating group) is 1. The van der Waals surface area contributed by atoms with Gasteiger partial charge in [0.2, 0.25) is 0 Å². The van der Waals surface area contributed by atoms with Gasteiger partial charge in [-0.1, -0.05) is 0 Å². The maximum atomic E-state index is 12.3. The van der Waals surface area contributed by atoms with E-state index in [0.29, 0.717) is 36.1 Å². The summed E-state index contributed by atoms with van der Waals surface area (Å²) in [5.74, 6) is 1.50. The zero-order valence-electron chi connectivity index (χ0n) is 16.9. The predicted molar refractivity (Wildman–Crippen MR) is 109 cm³/mol. The summed E-state index contributed by atoms with van der Waals surface area (Å²) in [6.07, 6.45) is 5.28. The van der Waals surface area contributed by atoms with E-state index >= 15 is 0 Å². The Morgan fingerprint density at radius 2 is 2.03 bits per heavy atom. The van der Waals surface area contributed by atoms with Crippen LogP contribution in [0.15, 0.2) is 42.9 Å². The first-order chi connectivity index (χ1) is 14.4. The lowest BCUT2D eigenvalue weighted by molar-refractivity contribution is 0.195. The highest BCUT2D eigenvalue weighted by molar-refractivity contribution is 6.01. The Balaban J connectivity index is 1.46. The van der Waals surface area contributed by atoms with Crippen LogP contribution in [0.2, 0.25) is 0 Å². The van der Waals surface area contributed by atoms with Crippen LogP contribution in [0.5, 0.6) is 11.5 Å². The Morgan fingerprint density at radius 1 is 1.20 bits per heavy atom. The van der Waals surface area contributed by atoms with Crippen molar-refractivity contribution in [1.29, 1.82) is 0 Å². The molecule has 4 rings (SSSR count). The van der Waals surface area contributed by atoms with Gasteiger partial charge in [0.15, 0.2) is 0 Å². The number of ether oxygens (including phenoxy) is 1. The van der Waals surface area contributed by atoms with Crippen LogP contribution in [0.25, 0.3) is 11.3 Å². The second-order valence-electron chi connectivity index (χ2n) is 6.95. The first-order valence-corrected chi connectivity index (χ1v) is 9.35. The topological polar surface area (TPSA) is 105 Å². The molecular formula is C20H21N7O3. The van der Waals surface area contributed by atoms with Gasteiger partial charge in [0, 0.05) is 51.2 Å². The predicted octanol–water partition coefficient (Wildman–Crippen LogP) is 2.88. The molecule has 1 N–H and O–H groups in total. The van der Waals surface area contributed by atoms with Crippen LogP contribution >= 0.6 is 0 Å².